The molecule has 0 bridgehead atoms. The molecule has 80 valence electrons. The van der Waals surface area contributed by atoms with E-state index in [0.29, 0.717) is 18.5 Å². The first kappa shape index (κ1) is 10.6. The highest BCUT2D eigenvalue weighted by molar-refractivity contribution is 9.10. The molecule has 1 fully saturated rings. The molecule has 1 aliphatic heterocycles. The van der Waals surface area contributed by atoms with E-state index in [1.165, 1.54) is 6.07 Å². The van der Waals surface area contributed by atoms with Crippen molar-refractivity contribution in [3.63, 3.8) is 0 Å². The number of rotatable bonds is 2. The second-order valence-corrected chi connectivity index (χ2v) is 4.63. The summed E-state index contributed by atoms with van der Waals surface area (Å²) in [5.74, 6) is -0.277. The maximum atomic E-state index is 13.4. The molecule has 1 unspecified atom stereocenters. The zero-order chi connectivity index (χ0) is 10.8. The van der Waals surface area contributed by atoms with Crippen LogP contribution in [0.1, 0.15) is 12.0 Å². The predicted molar refractivity (Wildman–Crippen MR) is 58.9 cm³/mol. The van der Waals surface area contributed by atoms with Crippen LogP contribution in [0.5, 0.6) is 0 Å². The number of nitrogens with one attached hydrogen (secondary N) is 1. The van der Waals surface area contributed by atoms with Crippen LogP contribution >= 0.6 is 15.9 Å². The average molecular weight is 272 g/mol. The molecule has 1 atom stereocenters. The minimum Gasteiger partial charge on any atom is -0.356 e. The van der Waals surface area contributed by atoms with Gasteiger partial charge in [0.1, 0.15) is 5.82 Å². The van der Waals surface area contributed by atoms with Crippen molar-refractivity contribution in [2.45, 2.75) is 12.8 Å². The van der Waals surface area contributed by atoms with Crippen LogP contribution in [0.15, 0.2) is 22.7 Å². The fourth-order valence-electron chi connectivity index (χ4n) is 1.80. The van der Waals surface area contributed by atoms with Crippen LogP contribution in [-0.2, 0) is 11.2 Å². The van der Waals surface area contributed by atoms with Gasteiger partial charge in [0.2, 0.25) is 5.91 Å². The zero-order valence-corrected chi connectivity index (χ0v) is 9.68. The Bertz CT molecular complexity index is 394. The minimum absolute atomic E-state index is 0.0365. The van der Waals surface area contributed by atoms with Gasteiger partial charge in [-0.05, 0) is 36.6 Å². The molecule has 1 saturated heterocycles. The van der Waals surface area contributed by atoms with Crippen molar-refractivity contribution in [2.75, 3.05) is 6.54 Å². The Morgan fingerprint density at radius 2 is 2.33 bits per heavy atom. The van der Waals surface area contributed by atoms with Gasteiger partial charge in [-0.15, -0.1) is 0 Å². The zero-order valence-electron chi connectivity index (χ0n) is 8.09. The third kappa shape index (κ3) is 2.37. The Kier molecular flexibility index (Phi) is 3.05. The van der Waals surface area contributed by atoms with E-state index < -0.39 is 0 Å². The van der Waals surface area contributed by atoms with Crippen LogP contribution in [0.25, 0.3) is 0 Å². The molecular formula is C11H11BrFNO. The third-order valence-corrected chi connectivity index (χ3v) is 3.13. The van der Waals surface area contributed by atoms with Gasteiger partial charge in [0.15, 0.2) is 0 Å². The lowest BCUT2D eigenvalue weighted by Gasteiger charge is -2.08. The number of carbonyl (C=O) groups excluding carboxylic acids is 1. The van der Waals surface area contributed by atoms with E-state index >= 15 is 0 Å². The first-order chi connectivity index (χ1) is 7.16. The van der Waals surface area contributed by atoms with Gasteiger partial charge in [-0.2, -0.15) is 0 Å². The molecular weight excluding hydrogens is 261 g/mol. The lowest BCUT2D eigenvalue weighted by atomic mass is 9.98. The monoisotopic (exact) mass is 271 g/mol. The molecule has 0 aromatic heterocycles. The molecule has 1 heterocycles. The van der Waals surface area contributed by atoms with Crippen LogP contribution in [0.2, 0.25) is 0 Å². The predicted octanol–water partition coefficient (Wildman–Crippen LogP) is 2.27. The molecule has 4 heteroatoms. The van der Waals surface area contributed by atoms with Gasteiger partial charge in [-0.3, -0.25) is 4.79 Å². The highest BCUT2D eigenvalue weighted by Gasteiger charge is 2.25. The summed E-state index contributed by atoms with van der Waals surface area (Å²) < 4.78 is 14.2. The van der Waals surface area contributed by atoms with Crippen molar-refractivity contribution in [2.24, 2.45) is 5.92 Å². The summed E-state index contributed by atoms with van der Waals surface area (Å²) >= 11 is 3.29. The quantitative estimate of drug-likeness (QED) is 0.879. The van der Waals surface area contributed by atoms with E-state index in [4.69, 9.17) is 0 Å². The van der Waals surface area contributed by atoms with E-state index in [2.05, 4.69) is 21.2 Å². The molecule has 1 aromatic rings. The molecule has 1 aliphatic rings. The standard InChI is InChI=1S/C11H11BrFNO/c12-9-1-2-10(13)8(6-9)5-7-3-4-14-11(7)15/h1-2,6-7H,3-5H2,(H,14,15). The molecule has 2 rings (SSSR count). The molecule has 0 spiro atoms. The molecule has 0 radical (unpaired) electrons. The second kappa shape index (κ2) is 4.31. The van der Waals surface area contributed by atoms with E-state index in [0.717, 1.165) is 10.9 Å². The summed E-state index contributed by atoms with van der Waals surface area (Å²) in [6.07, 6.45) is 1.28. The Labute approximate surface area is 96.0 Å². The maximum absolute atomic E-state index is 13.4. The number of halogens is 2. The van der Waals surface area contributed by atoms with Gasteiger partial charge in [0.05, 0.1) is 0 Å². The number of amides is 1. The van der Waals surface area contributed by atoms with E-state index in [1.807, 2.05) is 0 Å². The average Bonchev–Trinajstić information content (AvgIpc) is 2.58. The van der Waals surface area contributed by atoms with Crippen molar-refractivity contribution >= 4 is 21.8 Å². The minimum atomic E-state index is -0.238. The molecule has 2 nitrogen and oxygen atoms in total. The van der Waals surface area contributed by atoms with Crippen LogP contribution in [0.4, 0.5) is 4.39 Å². The summed E-state index contributed by atoms with van der Waals surface area (Å²) in [6.45, 7) is 0.707. The second-order valence-electron chi connectivity index (χ2n) is 3.72. The number of hydrogen-bond acceptors (Lipinski definition) is 1. The van der Waals surface area contributed by atoms with Crippen LogP contribution in [-0.4, -0.2) is 12.5 Å². The molecule has 15 heavy (non-hydrogen) atoms. The summed E-state index contributed by atoms with van der Waals surface area (Å²) in [4.78, 5) is 11.3. The first-order valence-electron chi connectivity index (χ1n) is 4.88. The Morgan fingerprint density at radius 1 is 1.53 bits per heavy atom. The summed E-state index contributed by atoms with van der Waals surface area (Å²) in [5, 5.41) is 2.75. The van der Waals surface area contributed by atoms with Crippen molar-refractivity contribution in [3.8, 4) is 0 Å². The smallest absolute Gasteiger partial charge is 0.223 e. The number of hydrogen-bond donors (Lipinski definition) is 1. The summed E-state index contributed by atoms with van der Waals surface area (Å²) in [7, 11) is 0. The molecule has 1 N–H and O–H groups in total. The molecule has 1 amide bonds. The first-order valence-corrected chi connectivity index (χ1v) is 5.68. The van der Waals surface area contributed by atoms with E-state index in [9.17, 15) is 9.18 Å². The van der Waals surface area contributed by atoms with E-state index in [-0.39, 0.29) is 17.6 Å². The molecule has 0 saturated carbocycles. The fraction of sp³-hybridized carbons (Fsp3) is 0.364. The van der Waals surface area contributed by atoms with Gasteiger partial charge in [-0.1, -0.05) is 15.9 Å². The van der Waals surface area contributed by atoms with Gasteiger partial charge < -0.3 is 5.32 Å². The van der Waals surface area contributed by atoms with Crippen LogP contribution in [0, 0.1) is 11.7 Å². The summed E-state index contributed by atoms with van der Waals surface area (Å²) in [5.41, 5.74) is 0.603. The lowest BCUT2D eigenvalue weighted by Crippen LogP contribution is -2.20. The number of benzene rings is 1. The normalized spacial score (nSPS) is 20.4. The Hall–Kier alpha value is -0.900. The Morgan fingerprint density at radius 3 is 3.00 bits per heavy atom. The third-order valence-electron chi connectivity index (χ3n) is 2.64. The fourth-order valence-corrected chi connectivity index (χ4v) is 2.21. The Balaban J connectivity index is 2.16. The van der Waals surface area contributed by atoms with Crippen molar-refractivity contribution in [1.82, 2.24) is 5.32 Å². The SMILES string of the molecule is O=C1NCCC1Cc1cc(Br)ccc1F. The van der Waals surface area contributed by atoms with Crippen molar-refractivity contribution in [3.05, 3.63) is 34.1 Å². The van der Waals surface area contributed by atoms with Gasteiger partial charge in [0, 0.05) is 16.9 Å². The van der Waals surface area contributed by atoms with Crippen LogP contribution < -0.4 is 5.32 Å². The van der Waals surface area contributed by atoms with Gasteiger partial charge in [0.25, 0.3) is 0 Å². The van der Waals surface area contributed by atoms with Gasteiger partial charge >= 0.3 is 0 Å². The largest absolute Gasteiger partial charge is 0.356 e. The lowest BCUT2D eigenvalue weighted by molar-refractivity contribution is -0.122. The van der Waals surface area contributed by atoms with Crippen molar-refractivity contribution < 1.29 is 9.18 Å². The topological polar surface area (TPSA) is 29.1 Å². The van der Waals surface area contributed by atoms with Crippen molar-refractivity contribution in [1.29, 1.82) is 0 Å². The maximum Gasteiger partial charge on any atom is 0.223 e. The van der Waals surface area contributed by atoms with E-state index in [1.54, 1.807) is 12.1 Å². The highest BCUT2D eigenvalue weighted by Crippen LogP contribution is 2.21. The highest BCUT2D eigenvalue weighted by atomic mass is 79.9. The summed E-state index contributed by atoms with van der Waals surface area (Å²) in [6, 6.07) is 4.82. The molecule has 0 aliphatic carbocycles. The van der Waals surface area contributed by atoms with Gasteiger partial charge in [-0.25, -0.2) is 4.39 Å². The van der Waals surface area contributed by atoms with Crippen LogP contribution in [0.3, 0.4) is 0 Å². The molecule has 1 aromatic carbocycles. The number of carbonyl (C=O) groups is 1.